The van der Waals surface area contributed by atoms with E-state index in [1.165, 1.54) is 0 Å². The second-order valence-corrected chi connectivity index (χ2v) is 7.41. The average Bonchev–Trinajstić information content (AvgIpc) is 3.20. The standard InChI is InChI=1S/C25H20N4O/c1-17-11-13-20(14-12-17)28-23(19-8-6-7-18(2)15-19)27-24-22(25(28)30)16-26-29(24)21-9-4-3-5-10-21/h3-16H,1-2H3. The Morgan fingerprint density at radius 3 is 2.27 bits per heavy atom. The lowest BCUT2D eigenvalue weighted by Gasteiger charge is -2.14. The Morgan fingerprint density at radius 2 is 1.53 bits per heavy atom. The quantitative estimate of drug-likeness (QED) is 0.441. The number of para-hydroxylation sites is 1. The molecule has 0 saturated carbocycles. The Morgan fingerprint density at radius 1 is 0.767 bits per heavy atom. The molecule has 5 rings (SSSR count). The van der Waals surface area contributed by atoms with Crippen LogP contribution in [-0.4, -0.2) is 19.3 Å². The third-order valence-electron chi connectivity index (χ3n) is 5.17. The van der Waals surface area contributed by atoms with Crippen LogP contribution in [0.4, 0.5) is 0 Å². The van der Waals surface area contributed by atoms with Crippen molar-refractivity contribution in [2.24, 2.45) is 0 Å². The second-order valence-electron chi connectivity index (χ2n) is 7.41. The molecule has 0 unspecified atom stereocenters. The highest BCUT2D eigenvalue weighted by molar-refractivity contribution is 5.79. The summed E-state index contributed by atoms with van der Waals surface area (Å²) >= 11 is 0. The van der Waals surface area contributed by atoms with Crippen molar-refractivity contribution in [1.29, 1.82) is 0 Å². The minimum atomic E-state index is -0.137. The number of rotatable bonds is 3. The van der Waals surface area contributed by atoms with Crippen LogP contribution in [0.25, 0.3) is 33.8 Å². The van der Waals surface area contributed by atoms with Gasteiger partial charge in [-0.2, -0.15) is 5.10 Å². The van der Waals surface area contributed by atoms with Gasteiger partial charge in [-0.25, -0.2) is 9.67 Å². The molecule has 5 nitrogen and oxygen atoms in total. The Labute approximate surface area is 173 Å². The van der Waals surface area contributed by atoms with E-state index in [0.717, 1.165) is 28.1 Å². The highest BCUT2D eigenvalue weighted by Gasteiger charge is 2.18. The van der Waals surface area contributed by atoms with E-state index >= 15 is 0 Å². The zero-order valence-corrected chi connectivity index (χ0v) is 16.8. The number of aromatic nitrogens is 4. The van der Waals surface area contributed by atoms with E-state index in [1.54, 1.807) is 15.4 Å². The van der Waals surface area contributed by atoms with Crippen molar-refractivity contribution in [1.82, 2.24) is 19.3 Å². The van der Waals surface area contributed by atoms with Crippen molar-refractivity contribution >= 4 is 11.0 Å². The summed E-state index contributed by atoms with van der Waals surface area (Å²) in [4.78, 5) is 18.6. The molecule has 3 aromatic carbocycles. The largest absolute Gasteiger partial charge is 0.269 e. The van der Waals surface area contributed by atoms with Gasteiger partial charge >= 0.3 is 0 Å². The summed E-state index contributed by atoms with van der Waals surface area (Å²) in [6.45, 7) is 4.06. The maximum absolute atomic E-state index is 13.6. The van der Waals surface area contributed by atoms with Crippen LogP contribution in [0.3, 0.4) is 0 Å². The van der Waals surface area contributed by atoms with Crippen molar-refractivity contribution in [2.75, 3.05) is 0 Å². The smallest absolute Gasteiger partial charge is 0.268 e. The topological polar surface area (TPSA) is 52.7 Å². The van der Waals surface area contributed by atoms with Crippen molar-refractivity contribution in [3.8, 4) is 22.8 Å². The lowest BCUT2D eigenvalue weighted by Crippen LogP contribution is -2.22. The zero-order valence-electron chi connectivity index (χ0n) is 16.8. The van der Waals surface area contributed by atoms with Gasteiger partial charge in [-0.05, 0) is 44.2 Å². The van der Waals surface area contributed by atoms with E-state index in [-0.39, 0.29) is 5.56 Å². The fourth-order valence-corrected chi connectivity index (χ4v) is 3.64. The number of hydrogen-bond donors (Lipinski definition) is 0. The van der Waals surface area contributed by atoms with Gasteiger partial charge in [-0.1, -0.05) is 59.7 Å². The fraction of sp³-hybridized carbons (Fsp3) is 0.0800. The van der Waals surface area contributed by atoms with E-state index in [9.17, 15) is 4.79 Å². The average molecular weight is 392 g/mol. The van der Waals surface area contributed by atoms with Gasteiger partial charge < -0.3 is 0 Å². The van der Waals surface area contributed by atoms with Crippen LogP contribution in [0.2, 0.25) is 0 Å². The molecular weight excluding hydrogens is 372 g/mol. The number of nitrogens with zero attached hydrogens (tertiary/aromatic N) is 4. The molecule has 0 spiro atoms. The van der Waals surface area contributed by atoms with Crippen LogP contribution in [0, 0.1) is 13.8 Å². The zero-order chi connectivity index (χ0) is 20.7. The summed E-state index contributed by atoms with van der Waals surface area (Å²) in [5.41, 5.74) is 5.18. The van der Waals surface area contributed by atoms with Gasteiger partial charge in [-0.15, -0.1) is 0 Å². The Kier molecular flexibility index (Phi) is 4.29. The molecule has 0 N–H and O–H groups in total. The first-order chi connectivity index (χ1) is 14.6. The van der Waals surface area contributed by atoms with Crippen LogP contribution in [-0.2, 0) is 0 Å². The first kappa shape index (κ1) is 18.1. The SMILES string of the molecule is Cc1ccc(-n2c(-c3cccc(C)c3)nc3c(cnn3-c3ccccc3)c2=O)cc1. The Hall–Kier alpha value is -3.99. The van der Waals surface area contributed by atoms with E-state index < -0.39 is 0 Å². The summed E-state index contributed by atoms with van der Waals surface area (Å²) in [5.74, 6) is 0.595. The van der Waals surface area contributed by atoms with Gasteiger partial charge in [0.05, 0.1) is 17.6 Å². The van der Waals surface area contributed by atoms with E-state index in [4.69, 9.17) is 4.98 Å². The molecule has 0 bridgehead atoms. The van der Waals surface area contributed by atoms with Crippen molar-refractivity contribution < 1.29 is 0 Å². The third-order valence-corrected chi connectivity index (χ3v) is 5.17. The Balaban J connectivity index is 1.86. The van der Waals surface area contributed by atoms with Gasteiger partial charge in [0.25, 0.3) is 5.56 Å². The maximum Gasteiger partial charge on any atom is 0.269 e. The highest BCUT2D eigenvalue weighted by Crippen LogP contribution is 2.24. The molecule has 146 valence electrons. The molecule has 2 heterocycles. The first-order valence-corrected chi connectivity index (χ1v) is 9.82. The third kappa shape index (κ3) is 3.01. The molecular formula is C25H20N4O. The monoisotopic (exact) mass is 392 g/mol. The van der Waals surface area contributed by atoms with Crippen LogP contribution in [0.5, 0.6) is 0 Å². The molecule has 0 aliphatic rings. The fourth-order valence-electron chi connectivity index (χ4n) is 3.64. The molecule has 30 heavy (non-hydrogen) atoms. The van der Waals surface area contributed by atoms with E-state index in [0.29, 0.717) is 16.9 Å². The molecule has 0 atom stereocenters. The molecule has 0 aliphatic carbocycles. The van der Waals surface area contributed by atoms with E-state index in [2.05, 4.69) is 5.10 Å². The van der Waals surface area contributed by atoms with Crippen LogP contribution in [0.1, 0.15) is 11.1 Å². The van der Waals surface area contributed by atoms with Crippen LogP contribution in [0.15, 0.2) is 89.9 Å². The molecule has 0 saturated heterocycles. The van der Waals surface area contributed by atoms with E-state index in [1.807, 2.05) is 92.7 Å². The normalized spacial score (nSPS) is 11.1. The summed E-state index contributed by atoms with van der Waals surface area (Å²) in [5, 5.41) is 4.95. The molecule has 2 aromatic heterocycles. The van der Waals surface area contributed by atoms with Gasteiger partial charge in [0, 0.05) is 5.56 Å². The molecule has 5 heteroatoms. The molecule has 0 fully saturated rings. The highest BCUT2D eigenvalue weighted by atomic mass is 16.1. The van der Waals surface area contributed by atoms with Gasteiger partial charge in [0.2, 0.25) is 0 Å². The van der Waals surface area contributed by atoms with Gasteiger partial charge in [0.1, 0.15) is 11.2 Å². The predicted octanol–water partition coefficient (Wildman–Crippen LogP) is 4.86. The molecule has 0 amide bonds. The van der Waals surface area contributed by atoms with Gasteiger partial charge in [-0.3, -0.25) is 9.36 Å². The second kappa shape index (κ2) is 7.12. The molecule has 0 radical (unpaired) electrons. The lowest BCUT2D eigenvalue weighted by molar-refractivity contribution is 0.888. The van der Waals surface area contributed by atoms with Gasteiger partial charge in [0.15, 0.2) is 5.65 Å². The number of benzene rings is 3. The van der Waals surface area contributed by atoms with Crippen LogP contribution >= 0.6 is 0 Å². The molecule has 5 aromatic rings. The van der Waals surface area contributed by atoms with Crippen molar-refractivity contribution in [3.05, 3.63) is 107 Å². The predicted molar refractivity (Wildman–Crippen MR) is 119 cm³/mol. The van der Waals surface area contributed by atoms with Crippen molar-refractivity contribution in [3.63, 3.8) is 0 Å². The summed E-state index contributed by atoms with van der Waals surface area (Å²) in [6, 6.07) is 25.7. The minimum Gasteiger partial charge on any atom is -0.268 e. The summed E-state index contributed by atoms with van der Waals surface area (Å²) in [6.07, 6.45) is 1.60. The number of fused-ring (bicyclic) bond motifs is 1. The number of hydrogen-bond acceptors (Lipinski definition) is 3. The summed E-state index contributed by atoms with van der Waals surface area (Å²) in [7, 11) is 0. The number of aryl methyl sites for hydroxylation is 2. The van der Waals surface area contributed by atoms with Crippen LogP contribution < -0.4 is 5.56 Å². The Bertz CT molecular complexity index is 1410. The minimum absolute atomic E-state index is 0.137. The lowest BCUT2D eigenvalue weighted by atomic mass is 10.1. The molecule has 0 aliphatic heterocycles. The summed E-state index contributed by atoms with van der Waals surface area (Å²) < 4.78 is 3.39. The van der Waals surface area contributed by atoms with Crippen molar-refractivity contribution in [2.45, 2.75) is 13.8 Å². The first-order valence-electron chi connectivity index (χ1n) is 9.82. The maximum atomic E-state index is 13.6.